The van der Waals surface area contributed by atoms with Crippen molar-refractivity contribution in [2.75, 3.05) is 33.1 Å². The van der Waals surface area contributed by atoms with Gasteiger partial charge >= 0.3 is 0 Å². The molecule has 1 aliphatic rings. The summed E-state index contributed by atoms with van der Waals surface area (Å²) < 4.78 is 10.5. The van der Waals surface area contributed by atoms with Crippen LogP contribution in [-0.4, -0.2) is 38.6 Å². The molecule has 0 aromatic heterocycles. The third kappa shape index (κ3) is 3.57. The summed E-state index contributed by atoms with van der Waals surface area (Å²) in [6.45, 7) is 1.86. The summed E-state index contributed by atoms with van der Waals surface area (Å²) in [6.07, 6.45) is 0.906. The SMILES string of the molecule is COc1cc(OC)c(C(=O)Nc2cccc3c2CCN(C)C3)cc1Cl. The number of methoxy groups -OCH3 is 2. The van der Waals surface area contributed by atoms with Crippen LogP contribution in [0.5, 0.6) is 11.5 Å². The fraction of sp³-hybridized carbons (Fsp3) is 0.316. The zero-order valence-electron chi connectivity index (χ0n) is 14.6. The first-order valence-corrected chi connectivity index (χ1v) is 8.43. The molecule has 0 saturated heterocycles. The molecular formula is C19H21ClN2O3. The molecule has 1 N–H and O–H groups in total. The van der Waals surface area contributed by atoms with Gasteiger partial charge in [0.2, 0.25) is 0 Å². The van der Waals surface area contributed by atoms with Gasteiger partial charge in [-0.15, -0.1) is 0 Å². The second-order valence-corrected chi connectivity index (χ2v) is 6.48. The second-order valence-electron chi connectivity index (χ2n) is 6.07. The normalized spacial score (nSPS) is 13.9. The van der Waals surface area contributed by atoms with Gasteiger partial charge in [0.15, 0.2) is 0 Å². The van der Waals surface area contributed by atoms with Crippen molar-refractivity contribution in [3.8, 4) is 11.5 Å². The maximum absolute atomic E-state index is 12.8. The molecular weight excluding hydrogens is 340 g/mol. The molecule has 25 heavy (non-hydrogen) atoms. The van der Waals surface area contributed by atoms with Gasteiger partial charge in [0.25, 0.3) is 5.91 Å². The van der Waals surface area contributed by atoms with E-state index >= 15 is 0 Å². The molecule has 0 saturated carbocycles. The maximum atomic E-state index is 12.8. The third-order valence-corrected chi connectivity index (χ3v) is 4.72. The molecule has 0 radical (unpaired) electrons. The minimum Gasteiger partial charge on any atom is -0.496 e. The highest BCUT2D eigenvalue weighted by atomic mass is 35.5. The van der Waals surface area contributed by atoms with Gasteiger partial charge < -0.3 is 19.7 Å². The number of hydrogen-bond acceptors (Lipinski definition) is 4. The Morgan fingerprint density at radius 3 is 2.68 bits per heavy atom. The summed E-state index contributed by atoms with van der Waals surface area (Å²) in [6, 6.07) is 9.18. The van der Waals surface area contributed by atoms with Gasteiger partial charge in [-0.2, -0.15) is 0 Å². The molecule has 1 amide bonds. The molecule has 0 fully saturated rings. The lowest BCUT2D eigenvalue weighted by molar-refractivity contribution is 0.102. The smallest absolute Gasteiger partial charge is 0.259 e. The lowest BCUT2D eigenvalue weighted by atomic mass is 9.98. The van der Waals surface area contributed by atoms with Gasteiger partial charge in [0.1, 0.15) is 11.5 Å². The Bertz CT molecular complexity index is 807. The predicted octanol–water partition coefficient (Wildman–Crippen LogP) is 3.60. The summed E-state index contributed by atoms with van der Waals surface area (Å²) in [7, 11) is 5.13. The molecule has 5 nitrogen and oxygen atoms in total. The van der Waals surface area contributed by atoms with Crippen molar-refractivity contribution in [2.45, 2.75) is 13.0 Å². The standard InChI is InChI=1S/C19H21ClN2O3/c1-22-8-7-13-12(11-22)5-4-6-16(13)21-19(23)14-9-15(20)18(25-3)10-17(14)24-2/h4-6,9-10H,7-8,11H2,1-3H3,(H,21,23). The summed E-state index contributed by atoms with van der Waals surface area (Å²) in [5.74, 6) is 0.632. The number of carbonyl (C=O) groups is 1. The first kappa shape index (κ1) is 17.6. The van der Waals surface area contributed by atoms with E-state index in [1.807, 2.05) is 12.1 Å². The van der Waals surface area contributed by atoms with Crippen LogP contribution >= 0.6 is 11.6 Å². The number of carbonyl (C=O) groups excluding carboxylic acids is 1. The van der Waals surface area contributed by atoms with Crippen molar-refractivity contribution in [1.29, 1.82) is 0 Å². The summed E-state index contributed by atoms with van der Waals surface area (Å²) >= 11 is 6.17. The summed E-state index contributed by atoms with van der Waals surface area (Å²) in [4.78, 5) is 15.1. The number of amides is 1. The van der Waals surface area contributed by atoms with E-state index in [4.69, 9.17) is 21.1 Å². The van der Waals surface area contributed by atoms with Crippen LogP contribution in [0.2, 0.25) is 5.02 Å². The zero-order chi connectivity index (χ0) is 18.0. The van der Waals surface area contributed by atoms with Crippen LogP contribution in [0, 0.1) is 0 Å². The van der Waals surface area contributed by atoms with Crippen LogP contribution in [0.15, 0.2) is 30.3 Å². The van der Waals surface area contributed by atoms with E-state index in [1.54, 1.807) is 12.1 Å². The Kier molecular flexibility index (Phi) is 5.16. The number of nitrogens with one attached hydrogen (secondary N) is 1. The maximum Gasteiger partial charge on any atom is 0.259 e. The van der Waals surface area contributed by atoms with Crippen molar-refractivity contribution in [1.82, 2.24) is 4.90 Å². The van der Waals surface area contributed by atoms with E-state index < -0.39 is 0 Å². The first-order chi connectivity index (χ1) is 12.0. The Morgan fingerprint density at radius 1 is 1.20 bits per heavy atom. The van der Waals surface area contributed by atoms with Crippen LogP contribution in [0.1, 0.15) is 21.5 Å². The highest BCUT2D eigenvalue weighted by molar-refractivity contribution is 6.32. The number of hydrogen-bond donors (Lipinski definition) is 1. The van der Waals surface area contributed by atoms with Gasteiger partial charge in [-0.25, -0.2) is 0 Å². The Morgan fingerprint density at radius 2 is 1.96 bits per heavy atom. The van der Waals surface area contributed by atoms with Crippen LogP contribution in [-0.2, 0) is 13.0 Å². The van der Waals surface area contributed by atoms with Gasteiger partial charge in [-0.05, 0) is 36.7 Å². The zero-order valence-corrected chi connectivity index (χ0v) is 15.3. The van der Waals surface area contributed by atoms with Crippen molar-refractivity contribution in [2.24, 2.45) is 0 Å². The molecule has 2 aromatic rings. The van der Waals surface area contributed by atoms with Crippen molar-refractivity contribution in [3.05, 3.63) is 52.0 Å². The lowest BCUT2D eigenvalue weighted by Gasteiger charge is -2.26. The minimum atomic E-state index is -0.256. The fourth-order valence-corrected chi connectivity index (χ4v) is 3.34. The van der Waals surface area contributed by atoms with Gasteiger partial charge in [-0.3, -0.25) is 4.79 Å². The largest absolute Gasteiger partial charge is 0.496 e. The van der Waals surface area contributed by atoms with Crippen LogP contribution in [0.3, 0.4) is 0 Å². The minimum absolute atomic E-state index is 0.256. The number of anilines is 1. The molecule has 0 bridgehead atoms. The molecule has 2 aromatic carbocycles. The van der Waals surface area contributed by atoms with E-state index in [0.717, 1.165) is 25.2 Å². The Balaban J connectivity index is 1.91. The summed E-state index contributed by atoms with van der Waals surface area (Å²) in [5.41, 5.74) is 3.64. The van der Waals surface area contributed by atoms with Crippen LogP contribution < -0.4 is 14.8 Å². The molecule has 0 spiro atoms. The Labute approximate surface area is 152 Å². The molecule has 0 atom stereocenters. The number of likely N-dealkylation sites (N-methyl/N-ethyl adjacent to an activating group) is 1. The van der Waals surface area contributed by atoms with Gasteiger partial charge in [0.05, 0.1) is 24.8 Å². The van der Waals surface area contributed by atoms with Gasteiger partial charge in [-0.1, -0.05) is 23.7 Å². The van der Waals surface area contributed by atoms with E-state index in [2.05, 4.69) is 23.3 Å². The average molecular weight is 361 g/mol. The molecule has 0 aliphatic carbocycles. The number of benzene rings is 2. The van der Waals surface area contributed by atoms with Crippen molar-refractivity contribution < 1.29 is 14.3 Å². The average Bonchev–Trinajstić information content (AvgIpc) is 2.61. The van der Waals surface area contributed by atoms with Crippen LogP contribution in [0.25, 0.3) is 0 Å². The number of halogens is 1. The summed E-state index contributed by atoms with van der Waals surface area (Å²) in [5, 5.41) is 3.37. The molecule has 0 unspecified atom stereocenters. The van der Waals surface area contributed by atoms with E-state index in [0.29, 0.717) is 22.1 Å². The van der Waals surface area contributed by atoms with Crippen molar-refractivity contribution >= 4 is 23.2 Å². The fourth-order valence-electron chi connectivity index (χ4n) is 3.09. The lowest BCUT2D eigenvalue weighted by Crippen LogP contribution is -2.27. The predicted molar refractivity (Wildman–Crippen MR) is 99.0 cm³/mol. The number of ether oxygens (including phenoxy) is 2. The number of fused-ring (bicyclic) bond motifs is 1. The molecule has 1 aliphatic heterocycles. The monoisotopic (exact) mass is 360 g/mol. The highest BCUT2D eigenvalue weighted by Gasteiger charge is 2.20. The number of nitrogens with zero attached hydrogens (tertiary/aromatic N) is 1. The molecule has 3 rings (SSSR count). The van der Waals surface area contributed by atoms with Crippen LogP contribution in [0.4, 0.5) is 5.69 Å². The third-order valence-electron chi connectivity index (χ3n) is 4.42. The Hall–Kier alpha value is -2.24. The quantitative estimate of drug-likeness (QED) is 0.905. The van der Waals surface area contributed by atoms with E-state index in [-0.39, 0.29) is 5.91 Å². The van der Waals surface area contributed by atoms with E-state index in [9.17, 15) is 4.79 Å². The molecule has 132 valence electrons. The first-order valence-electron chi connectivity index (χ1n) is 8.05. The van der Waals surface area contributed by atoms with E-state index in [1.165, 1.54) is 25.3 Å². The number of rotatable bonds is 4. The second kappa shape index (κ2) is 7.33. The molecule has 6 heteroatoms. The van der Waals surface area contributed by atoms with Gasteiger partial charge in [0, 0.05) is 24.8 Å². The molecule has 1 heterocycles. The van der Waals surface area contributed by atoms with Crippen molar-refractivity contribution in [3.63, 3.8) is 0 Å². The highest BCUT2D eigenvalue weighted by Crippen LogP contribution is 2.33. The topological polar surface area (TPSA) is 50.8 Å².